The predicted molar refractivity (Wildman–Crippen MR) is 24.6 cm³/mol. The van der Waals surface area contributed by atoms with Gasteiger partial charge in [-0.2, -0.15) is 0 Å². The second kappa shape index (κ2) is 2.80. The third-order valence-electron chi connectivity index (χ3n) is 0.728. The van der Waals surface area contributed by atoms with Crippen LogP contribution in [0, 0.1) is 5.41 Å². The highest BCUT2D eigenvalue weighted by Crippen LogP contribution is 2.20. The molecule has 0 aromatic heterocycles. The number of hydrogen-bond acceptors (Lipinski definition) is 1. The third-order valence-corrected chi connectivity index (χ3v) is 0.728. The van der Waals surface area contributed by atoms with E-state index in [0.29, 0.717) is 0 Å². The normalized spacial score (nSPS) is 15.1. The van der Waals surface area contributed by atoms with Gasteiger partial charge < -0.3 is 5.41 Å². The van der Waals surface area contributed by atoms with Crippen LogP contribution in [0.5, 0.6) is 0 Å². The van der Waals surface area contributed by atoms with Gasteiger partial charge in [-0.3, -0.25) is 0 Å². The van der Waals surface area contributed by atoms with Crippen molar-refractivity contribution in [3.05, 3.63) is 0 Å². The molecule has 0 aromatic rings. The van der Waals surface area contributed by atoms with Gasteiger partial charge in [0.2, 0.25) is 6.17 Å². The van der Waals surface area contributed by atoms with Gasteiger partial charge in [0.25, 0.3) is 0 Å². The van der Waals surface area contributed by atoms with E-state index in [1.807, 2.05) is 0 Å². The third kappa shape index (κ3) is 1.99. The molecule has 0 fully saturated rings. The van der Waals surface area contributed by atoms with E-state index in [9.17, 15) is 17.6 Å². The van der Waals surface area contributed by atoms with Gasteiger partial charge in [-0.1, -0.05) is 0 Å². The van der Waals surface area contributed by atoms with Crippen LogP contribution in [0.25, 0.3) is 0 Å². The molecule has 5 heteroatoms. The van der Waals surface area contributed by atoms with E-state index in [2.05, 4.69) is 0 Å². The van der Waals surface area contributed by atoms with Gasteiger partial charge in [0.15, 0.2) is 6.67 Å². The Hall–Kier alpha value is -0.610. The zero-order valence-corrected chi connectivity index (χ0v) is 4.37. The van der Waals surface area contributed by atoms with Crippen LogP contribution < -0.4 is 0 Å². The monoisotopic (exact) mass is 143 g/mol. The zero-order chi connectivity index (χ0) is 7.49. The van der Waals surface area contributed by atoms with Crippen LogP contribution in [0.2, 0.25) is 0 Å². The van der Waals surface area contributed by atoms with Crippen molar-refractivity contribution in [1.29, 1.82) is 5.41 Å². The summed E-state index contributed by atoms with van der Waals surface area (Å²) >= 11 is 0. The maximum absolute atomic E-state index is 11.7. The van der Waals surface area contributed by atoms with Crippen molar-refractivity contribution in [1.82, 2.24) is 0 Å². The molecule has 0 aliphatic carbocycles. The molecule has 0 radical (unpaired) electrons. The van der Waals surface area contributed by atoms with Crippen LogP contribution in [0.3, 0.4) is 0 Å². The molecule has 1 atom stereocenters. The average Bonchev–Trinajstić information content (AvgIpc) is 1.86. The van der Waals surface area contributed by atoms with Crippen molar-refractivity contribution in [2.45, 2.75) is 12.1 Å². The van der Waals surface area contributed by atoms with E-state index in [-0.39, 0.29) is 6.21 Å². The van der Waals surface area contributed by atoms with Crippen molar-refractivity contribution >= 4 is 6.21 Å². The first-order valence-corrected chi connectivity index (χ1v) is 2.13. The average molecular weight is 143 g/mol. The summed E-state index contributed by atoms with van der Waals surface area (Å²) in [5, 5.41) is 6.02. The lowest BCUT2D eigenvalue weighted by atomic mass is 10.2. The Kier molecular flexibility index (Phi) is 2.61. The SMILES string of the molecule is N=CC(F)C(F)(F)CF. The molecule has 0 aromatic carbocycles. The lowest BCUT2D eigenvalue weighted by Gasteiger charge is -2.11. The van der Waals surface area contributed by atoms with Crippen molar-refractivity contribution < 1.29 is 17.6 Å². The summed E-state index contributed by atoms with van der Waals surface area (Å²) in [4.78, 5) is 0. The standard InChI is InChI=1S/C4H5F4N/c5-2-4(7,8)3(6)1-9/h1,3,9H,2H2. The van der Waals surface area contributed by atoms with Gasteiger partial charge in [0, 0.05) is 6.21 Å². The first-order valence-electron chi connectivity index (χ1n) is 2.13. The molecule has 0 rings (SSSR count). The van der Waals surface area contributed by atoms with Crippen LogP contribution in [0.1, 0.15) is 0 Å². The summed E-state index contributed by atoms with van der Waals surface area (Å²) in [7, 11) is 0. The first kappa shape index (κ1) is 8.39. The highest BCUT2D eigenvalue weighted by molar-refractivity contribution is 5.60. The van der Waals surface area contributed by atoms with Crippen molar-refractivity contribution in [3.8, 4) is 0 Å². The van der Waals surface area contributed by atoms with Crippen LogP contribution >= 0.6 is 0 Å². The largest absolute Gasteiger partial charge is 0.311 e. The lowest BCUT2D eigenvalue weighted by molar-refractivity contribution is -0.0622. The van der Waals surface area contributed by atoms with E-state index in [0.717, 1.165) is 0 Å². The van der Waals surface area contributed by atoms with E-state index >= 15 is 0 Å². The molecular formula is C4H5F4N. The molecule has 1 N–H and O–H groups in total. The van der Waals surface area contributed by atoms with E-state index < -0.39 is 18.8 Å². The van der Waals surface area contributed by atoms with E-state index in [1.165, 1.54) is 0 Å². The van der Waals surface area contributed by atoms with E-state index in [1.54, 1.807) is 0 Å². The summed E-state index contributed by atoms with van der Waals surface area (Å²) < 4.78 is 46.1. The van der Waals surface area contributed by atoms with Gasteiger partial charge in [-0.25, -0.2) is 17.6 Å². The number of hydrogen-bond donors (Lipinski definition) is 1. The molecule has 1 unspecified atom stereocenters. The Morgan fingerprint density at radius 1 is 1.56 bits per heavy atom. The Labute approximate surface area is 49.2 Å². The van der Waals surface area contributed by atoms with Gasteiger partial charge in [0.1, 0.15) is 0 Å². The minimum atomic E-state index is -4.03. The number of nitrogens with one attached hydrogen (secondary N) is 1. The van der Waals surface area contributed by atoms with Gasteiger partial charge in [-0.05, 0) is 0 Å². The molecule has 0 aliphatic heterocycles. The van der Waals surface area contributed by atoms with E-state index in [4.69, 9.17) is 5.41 Å². The Morgan fingerprint density at radius 3 is 2.11 bits per heavy atom. The summed E-state index contributed by atoms with van der Waals surface area (Å²) in [6, 6.07) is 0. The quantitative estimate of drug-likeness (QED) is 0.458. The maximum atomic E-state index is 11.7. The molecule has 0 bridgehead atoms. The number of alkyl halides is 4. The molecule has 1 nitrogen and oxygen atoms in total. The second-order valence-corrected chi connectivity index (χ2v) is 1.46. The Balaban J connectivity index is 3.95. The second-order valence-electron chi connectivity index (χ2n) is 1.46. The molecule has 9 heavy (non-hydrogen) atoms. The minimum Gasteiger partial charge on any atom is -0.310 e. The topological polar surface area (TPSA) is 23.9 Å². The van der Waals surface area contributed by atoms with Crippen molar-refractivity contribution in [2.24, 2.45) is 0 Å². The minimum absolute atomic E-state index is 0.125. The summed E-state index contributed by atoms with van der Waals surface area (Å²) in [5.41, 5.74) is 0. The molecule has 0 saturated heterocycles. The fraction of sp³-hybridized carbons (Fsp3) is 0.750. The van der Waals surface area contributed by atoms with Crippen LogP contribution in [0.4, 0.5) is 17.6 Å². The smallest absolute Gasteiger partial charge is 0.310 e. The van der Waals surface area contributed by atoms with Crippen LogP contribution in [-0.4, -0.2) is 25.0 Å². The highest BCUT2D eigenvalue weighted by atomic mass is 19.3. The zero-order valence-electron chi connectivity index (χ0n) is 4.37. The summed E-state index contributed by atoms with van der Waals surface area (Å²) in [5.74, 6) is -4.03. The first-order chi connectivity index (χ1) is 4.04. The predicted octanol–water partition coefficient (Wildman–Crippen LogP) is 1.58. The fourth-order valence-electron chi connectivity index (χ4n) is 0.196. The van der Waals surface area contributed by atoms with Crippen molar-refractivity contribution in [3.63, 3.8) is 0 Å². The van der Waals surface area contributed by atoms with Crippen LogP contribution in [0.15, 0.2) is 0 Å². The molecule has 0 amide bonds. The van der Waals surface area contributed by atoms with Crippen LogP contribution in [-0.2, 0) is 0 Å². The molecule has 0 spiro atoms. The fourth-order valence-corrected chi connectivity index (χ4v) is 0.196. The Bertz CT molecular complexity index is 103. The molecule has 0 aliphatic rings. The summed E-state index contributed by atoms with van der Waals surface area (Å²) in [6.07, 6.45) is -2.93. The molecule has 0 heterocycles. The Morgan fingerprint density at radius 2 is 2.00 bits per heavy atom. The highest BCUT2D eigenvalue weighted by Gasteiger charge is 2.38. The molecule has 54 valence electrons. The van der Waals surface area contributed by atoms with Gasteiger partial charge in [0.05, 0.1) is 0 Å². The summed E-state index contributed by atoms with van der Waals surface area (Å²) in [6.45, 7) is -2.07. The maximum Gasteiger partial charge on any atom is 0.311 e. The van der Waals surface area contributed by atoms with Gasteiger partial charge >= 0.3 is 5.92 Å². The lowest BCUT2D eigenvalue weighted by Crippen LogP contribution is -2.32. The number of rotatable bonds is 3. The molecular weight excluding hydrogens is 138 g/mol. The number of halogens is 4. The van der Waals surface area contributed by atoms with Gasteiger partial charge in [-0.15, -0.1) is 0 Å². The van der Waals surface area contributed by atoms with Crippen molar-refractivity contribution in [2.75, 3.05) is 6.67 Å². The molecule has 0 saturated carbocycles.